The van der Waals surface area contributed by atoms with Crippen molar-refractivity contribution in [2.75, 3.05) is 13.1 Å². The van der Waals surface area contributed by atoms with Crippen LogP contribution in [0.15, 0.2) is 24.5 Å². The van der Waals surface area contributed by atoms with Gasteiger partial charge < -0.3 is 10.0 Å². The molecule has 124 valence electrons. The number of nitrogens with zero attached hydrogens (tertiary/aromatic N) is 3. The summed E-state index contributed by atoms with van der Waals surface area (Å²) in [5.41, 5.74) is 0.527. The standard InChI is InChI=1S/C18H25N3O2/c22-17(9-18(23)6-2-7-18)21-15-4-5-16(21)13-20(12-15)11-14-3-1-8-19-10-14/h1,3,8,10,15-16,23H,2,4-7,9,11-13H2. The van der Waals surface area contributed by atoms with Crippen LogP contribution in [-0.2, 0) is 11.3 Å². The van der Waals surface area contributed by atoms with Crippen LogP contribution >= 0.6 is 0 Å². The molecule has 2 atom stereocenters. The van der Waals surface area contributed by atoms with Crippen LogP contribution in [0, 0.1) is 0 Å². The molecular weight excluding hydrogens is 290 g/mol. The summed E-state index contributed by atoms with van der Waals surface area (Å²) < 4.78 is 0. The summed E-state index contributed by atoms with van der Waals surface area (Å²) >= 11 is 0. The van der Waals surface area contributed by atoms with Gasteiger partial charge in [0.25, 0.3) is 0 Å². The lowest BCUT2D eigenvalue weighted by atomic mass is 9.77. The minimum Gasteiger partial charge on any atom is -0.389 e. The Labute approximate surface area is 137 Å². The van der Waals surface area contributed by atoms with Crippen LogP contribution in [0.3, 0.4) is 0 Å². The normalized spacial score (nSPS) is 29.3. The number of carbonyl (C=O) groups excluding carboxylic acids is 1. The second-order valence-corrected chi connectivity index (χ2v) is 7.50. The number of pyridine rings is 1. The SMILES string of the molecule is O=C(CC1(O)CCC1)N1C2CCC1CN(Cc1cccnc1)C2. The Bertz CT molecular complexity index is 559. The monoisotopic (exact) mass is 315 g/mol. The molecule has 0 aromatic carbocycles. The van der Waals surface area contributed by atoms with Crippen molar-refractivity contribution in [1.82, 2.24) is 14.8 Å². The van der Waals surface area contributed by atoms with Crippen LogP contribution in [0.2, 0.25) is 0 Å². The summed E-state index contributed by atoms with van der Waals surface area (Å²) in [6.45, 7) is 2.79. The fourth-order valence-corrected chi connectivity index (χ4v) is 4.41. The second-order valence-electron chi connectivity index (χ2n) is 7.50. The molecular formula is C18H25N3O2. The van der Waals surface area contributed by atoms with Crippen LogP contribution in [0.4, 0.5) is 0 Å². The van der Waals surface area contributed by atoms with Gasteiger partial charge in [0.05, 0.1) is 12.0 Å². The highest BCUT2D eigenvalue weighted by Gasteiger charge is 2.45. The quantitative estimate of drug-likeness (QED) is 0.916. The molecule has 5 nitrogen and oxygen atoms in total. The summed E-state index contributed by atoms with van der Waals surface area (Å²) in [4.78, 5) is 21.4. The van der Waals surface area contributed by atoms with Crippen molar-refractivity contribution < 1.29 is 9.90 Å². The zero-order valence-corrected chi connectivity index (χ0v) is 13.5. The van der Waals surface area contributed by atoms with Gasteiger partial charge in [-0.05, 0) is 43.7 Å². The van der Waals surface area contributed by atoms with Gasteiger partial charge >= 0.3 is 0 Å². The summed E-state index contributed by atoms with van der Waals surface area (Å²) in [7, 11) is 0. The topological polar surface area (TPSA) is 56.7 Å². The third-order valence-corrected chi connectivity index (χ3v) is 5.74. The Morgan fingerprint density at radius 3 is 2.61 bits per heavy atom. The number of rotatable bonds is 4. The van der Waals surface area contributed by atoms with E-state index in [1.165, 1.54) is 5.56 Å². The molecule has 0 spiro atoms. The molecule has 3 fully saturated rings. The number of amides is 1. The van der Waals surface area contributed by atoms with Crippen molar-refractivity contribution in [3.63, 3.8) is 0 Å². The van der Waals surface area contributed by atoms with Crippen LogP contribution in [-0.4, -0.2) is 56.6 Å². The van der Waals surface area contributed by atoms with Crippen LogP contribution in [0.1, 0.15) is 44.1 Å². The molecule has 5 heteroatoms. The molecule has 3 aliphatic rings. The molecule has 23 heavy (non-hydrogen) atoms. The van der Waals surface area contributed by atoms with Gasteiger partial charge in [-0.1, -0.05) is 6.07 Å². The largest absolute Gasteiger partial charge is 0.389 e. The lowest BCUT2D eigenvalue weighted by molar-refractivity contribution is -0.146. The van der Waals surface area contributed by atoms with E-state index in [0.29, 0.717) is 18.5 Å². The number of hydrogen-bond donors (Lipinski definition) is 1. The maximum Gasteiger partial charge on any atom is 0.226 e. The highest BCUT2D eigenvalue weighted by atomic mass is 16.3. The Morgan fingerprint density at radius 1 is 1.30 bits per heavy atom. The number of likely N-dealkylation sites (tertiary alicyclic amines) is 1. The molecule has 1 aromatic rings. The average molecular weight is 315 g/mol. The lowest BCUT2D eigenvalue weighted by Crippen LogP contribution is -2.57. The van der Waals surface area contributed by atoms with E-state index in [0.717, 1.165) is 51.7 Å². The van der Waals surface area contributed by atoms with Gasteiger partial charge in [0.1, 0.15) is 0 Å². The van der Waals surface area contributed by atoms with Crippen molar-refractivity contribution in [1.29, 1.82) is 0 Å². The number of aliphatic hydroxyl groups is 1. The van der Waals surface area contributed by atoms with Crippen molar-refractivity contribution >= 4 is 5.91 Å². The van der Waals surface area contributed by atoms with Gasteiger partial charge in [0.15, 0.2) is 0 Å². The molecule has 4 rings (SSSR count). The van der Waals surface area contributed by atoms with Crippen LogP contribution < -0.4 is 0 Å². The highest BCUT2D eigenvalue weighted by molar-refractivity contribution is 5.78. The first kappa shape index (κ1) is 15.1. The van der Waals surface area contributed by atoms with Gasteiger partial charge in [-0.2, -0.15) is 0 Å². The molecule has 2 saturated heterocycles. The fourth-order valence-electron chi connectivity index (χ4n) is 4.41. The van der Waals surface area contributed by atoms with E-state index in [1.54, 1.807) is 6.20 Å². The van der Waals surface area contributed by atoms with E-state index in [-0.39, 0.29) is 5.91 Å². The second kappa shape index (κ2) is 5.87. The molecule has 2 bridgehead atoms. The Balaban J connectivity index is 1.39. The maximum atomic E-state index is 12.7. The van der Waals surface area contributed by atoms with E-state index < -0.39 is 5.60 Å². The molecule has 1 N–H and O–H groups in total. The number of hydrogen-bond acceptors (Lipinski definition) is 4. The molecule has 1 saturated carbocycles. The van der Waals surface area contributed by atoms with Gasteiger partial charge in [-0.25, -0.2) is 0 Å². The predicted molar refractivity (Wildman–Crippen MR) is 86.6 cm³/mol. The zero-order chi connectivity index (χ0) is 15.9. The summed E-state index contributed by atoms with van der Waals surface area (Å²) in [6, 6.07) is 4.73. The van der Waals surface area contributed by atoms with Gasteiger partial charge in [-0.3, -0.25) is 14.7 Å². The van der Waals surface area contributed by atoms with E-state index in [4.69, 9.17) is 0 Å². The zero-order valence-electron chi connectivity index (χ0n) is 13.5. The highest BCUT2D eigenvalue weighted by Crippen LogP contribution is 2.38. The first-order chi connectivity index (χ1) is 11.1. The van der Waals surface area contributed by atoms with Crippen molar-refractivity contribution in [2.24, 2.45) is 0 Å². The smallest absolute Gasteiger partial charge is 0.226 e. The van der Waals surface area contributed by atoms with E-state index >= 15 is 0 Å². The van der Waals surface area contributed by atoms with E-state index in [9.17, 15) is 9.90 Å². The van der Waals surface area contributed by atoms with E-state index in [2.05, 4.69) is 20.9 Å². The van der Waals surface area contributed by atoms with Gasteiger partial charge in [-0.15, -0.1) is 0 Å². The van der Waals surface area contributed by atoms with Crippen molar-refractivity contribution in [3.8, 4) is 0 Å². The van der Waals surface area contributed by atoms with Crippen LogP contribution in [0.5, 0.6) is 0 Å². The third-order valence-electron chi connectivity index (χ3n) is 5.74. The number of carbonyl (C=O) groups is 1. The molecule has 2 unspecified atom stereocenters. The Hall–Kier alpha value is -1.46. The maximum absolute atomic E-state index is 12.7. The Morgan fingerprint density at radius 2 is 2.04 bits per heavy atom. The molecule has 2 aliphatic heterocycles. The predicted octanol–water partition coefficient (Wildman–Crippen LogP) is 1.56. The number of piperazine rings is 1. The molecule has 1 aromatic heterocycles. The minimum absolute atomic E-state index is 0.167. The van der Waals surface area contributed by atoms with Crippen molar-refractivity contribution in [3.05, 3.63) is 30.1 Å². The number of aromatic nitrogens is 1. The summed E-state index contributed by atoms with van der Waals surface area (Å²) in [5.74, 6) is 0.167. The third kappa shape index (κ3) is 3.00. The first-order valence-corrected chi connectivity index (χ1v) is 8.78. The minimum atomic E-state index is -0.705. The fraction of sp³-hybridized carbons (Fsp3) is 0.667. The van der Waals surface area contributed by atoms with Gasteiger partial charge in [0.2, 0.25) is 5.91 Å². The van der Waals surface area contributed by atoms with Crippen molar-refractivity contribution in [2.45, 2.75) is 62.8 Å². The molecule has 0 radical (unpaired) electrons. The molecule has 3 heterocycles. The lowest BCUT2D eigenvalue weighted by Gasteiger charge is -2.43. The van der Waals surface area contributed by atoms with Crippen LogP contribution in [0.25, 0.3) is 0 Å². The first-order valence-electron chi connectivity index (χ1n) is 8.78. The number of fused-ring (bicyclic) bond motifs is 2. The average Bonchev–Trinajstić information content (AvgIpc) is 2.78. The van der Waals surface area contributed by atoms with E-state index in [1.807, 2.05) is 12.3 Å². The molecule has 1 amide bonds. The summed E-state index contributed by atoms with van der Waals surface area (Å²) in [6.07, 6.45) is 8.86. The molecule has 1 aliphatic carbocycles. The van der Waals surface area contributed by atoms with Gasteiger partial charge in [0, 0.05) is 44.1 Å². The Kier molecular flexibility index (Phi) is 3.85. The summed E-state index contributed by atoms with van der Waals surface area (Å²) in [5, 5.41) is 10.3.